The second kappa shape index (κ2) is 6.22. The van der Waals surface area contributed by atoms with Crippen LogP contribution in [0.15, 0.2) is 58.3 Å². The molecule has 0 N–H and O–H groups in total. The van der Waals surface area contributed by atoms with Crippen molar-refractivity contribution in [3.63, 3.8) is 0 Å². The number of sulfonamides is 1. The largest absolute Gasteiger partial charge is 0.244 e. The van der Waals surface area contributed by atoms with E-state index in [0.29, 0.717) is 0 Å². The number of hydrogen-bond donors (Lipinski definition) is 0. The van der Waals surface area contributed by atoms with Crippen LogP contribution in [0, 0.1) is 17.1 Å². The first-order chi connectivity index (χ1) is 11.8. The smallest absolute Gasteiger partial charge is 0.223 e. The molecule has 25 heavy (non-hydrogen) atoms. The fourth-order valence-electron chi connectivity index (χ4n) is 2.53. The van der Waals surface area contributed by atoms with Crippen molar-refractivity contribution >= 4 is 19.9 Å². The zero-order chi connectivity index (χ0) is 18.2. The first-order valence-corrected chi connectivity index (χ1v) is 10.2. The maximum absolute atomic E-state index is 12.9. The van der Waals surface area contributed by atoms with Gasteiger partial charge in [0.25, 0.3) is 0 Å². The number of benzene rings is 2. The Morgan fingerprint density at radius 1 is 1.00 bits per heavy atom. The van der Waals surface area contributed by atoms with E-state index in [2.05, 4.69) is 0 Å². The van der Waals surface area contributed by atoms with E-state index >= 15 is 0 Å². The first-order valence-electron chi connectivity index (χ1n) is 7.25. The van der Waals surface area contributed by atoms with Crippen molar-refractivity contribution in [1.82, 2.24) is 4.31 Å². The second-order valence-corrected chi connectivity index (χ2v) is 9.69. The van der Waals surface area contributed by atoms with Gasteiger partial charge in [0, 0.05) is 13.1 Å². The molecule has 1 aliphatic heterocycles. The Morgan fingerprint density at radius 2 is 1.60 bits per heavy atom. The van der Waals surface area contributed by atoms with Crippen LogP contribution in [0.4, 0.5) is 4.39 Å². The zero-order valence-corrected chi connectivity index (χ0v) is 14.5. The topological polar surface area (TPSA) is 95.3 Å². The Kier molecular flexibility index (Phi) is 4.36. The van der Waals surface area contributed by atoms with Crippen LogP contribution in [0.3, 0.4) is 0 Å². The molecule has 0 aromatic heterocycles. The van der Waals surface area contributed by atoms with Crippen molar-refractivity contribution in [2.75, 3.05) is 13.1 Å². The number of rotatable bonds is 4. The third-order valence-corrected chi connectivity index (χ3v) is 8.02. The molecule has 0 spiro atoms. The maximum atomic E-state index is 12.9. The molecule has 9 heteroatoms. The molecule has 130 valence electrons. The SMILES string of the molecule is N#Cc1ccccc1S(=O)(=O)N1CC(S(=O)(=O)c2ccc(F)cc2)C1. The van der Waals surface area contributed by atoms with E-state index in [1.165, 1.54) is 18.2 Å². The lowest BCUT2D eigenvalue weighted by Crippen LogP contribution is -2.56. The molecule has 0 atom stereocenters. The van der Waals surface area contributed by atoms with Gasteiger partial charge in [0.2, 0.25) is 10.0 Å². The van der Waals surface area contributed by atoms with Gasteiger partial charge in [-0.2, -0.15) is 9.57 Å². The van der Waals surface area contributed by atoms with Gasteiger partial charge < -0.3 is 0 Å². The van der Waals surface area contributed by atoms with Gasteiger partial charge in [0.05, 0.1) is 20.6 Å². The number of nitrogens with zero attached hydrogens (tertiary/aromatic N) is 2. The molecular weight excluding hydrogens is 367 g/mol. The standard InChI is InChI=1S/C16H13FN2O4S2/c17-13-5-7-14(8-6-13)24(20,21)15-10-19(11-15)25(22,23)16-4-2-1-3-12(16)9-18/h1-8,15H,10-11H2. The Balaban J connectivity index is 1.82. The van der Waals surface area contributed by atoms with E-state index in [-0.39, 0.29) is 28.4 Å². The summed E-state index contributed by atoms with van der Waals surface area (Å²) in [6.07, 6.45) is 0. The van der Waals surface area contributed by atoms with Crippen molar-refractivity contribution in [1.29, 1.82) is 5.26 Å². The molecule has 0 radical (unpaired) electrons. The van der Waals surface area contributed by atoms with E-state index in [1.54, 1.807) is 6.07 Å². The minimum Gasteiger partial charge on any atom is -0.223 e. The van der Waals surface area contributed by atoms with Gasteiger partial charge in [-0.25, -0.2) is 21.2 Å². The molecule has 6 nitrogen and oxygen atoms in total. The number of hydrogen-bond acceptors (Lipinski definition) is 5. The molecule has 1 heterocycles. The Morgan fingerprint density at radius 3 is 2.20 bits per heavy atom. The molecule has 2 aromatic rings. The van der Waals surface area contributed by atoms with E-state index in [4.69, 9.17) is 5.26 Å². The van der Waals surface area contributed by atoms with E-state index in [1.807, 2.05) is 6.07 Å². The lowest BCUT2D eigenvalue weighted by atomic mass is 10.2. The van der Waals surface area contributed by atoms with Crippen LogP contribution in [-0.4, -0.2) is 39.5 Å². The molecule has 2 aromatic carbocycles. The number of nitriles is 1. The molecule has 0 amide bonds. The van der Waals surface area contributed by atoms with Gasteiger partial charge in [-0.05, 0) is 36.4 Å². The van der Waals surface area contributed by atoms with Crippen LogP contribution in [-0.2, 0) is 19.9 Å². The van der Waals surface area contributed by atoms with Crippen molar-refractivity contribution in [3.05, 3.63) is 59.9 Å². The lowest BCUT2D eigenvalue weighted by Gasteiger charge is -2.37. The Hall–Kier alpha value is -2.28. The van der Waals surface area contributed by atoms with E-state index < -0.39 is 30.9 Å². The summed E-state index contributed by atoms with van der Waals surface area (Å²) in [5.41, 5.74) is 0.00680. The number of sulfone groups is 1. The van der Waals surface area contributed by atoms with Crippen LogP contribution < -0.4 is 0 Å². The van der Waals surface area contributed by atoms with E-state index in [9.17, 15) is 21.2 Å². The highest BCUT2D eigenvalue weighted by molar-refractivity contribution is 7.92. The van der Waals surface area contributed by atoms with E-state index in [0.717, 1.165) is 28.6 Å². The summed E-state index contributed by atoms with van der Waals surface area (Å²) >= 11 is 0. The molecule has 0 unspecified atom stereocenters. The minimum absolute atomic E-state index is 0.00680. The van der Waals surface area contributed by atoms with Crippen LogP contribution in [0.5, 0.6) is 0 Å². The van der Waals surface area contributed by atoms with Crippen molar-refractivity contribution in [2.24, 2.45) is 0 Å². The molecule has 0 saturated carbocycles. The van der Waals surface area contributed by atoms with Gasteiger partial charge in [-0.1, -0.05) is 12.1 Å². The summed E-state index contributed by atoms with van der Waals surface area (Å²) in [7, 11) is -7.69. The lowest BCUT2D eigenvalue weighted by molar-refractivity contribution is 0.309. The first kappa shape index (κ1) is 17.5. The minimum atomic E-state index is -3.94. The highest BCUT2D eigenvalue weighted by atomic mass is 32.2. The van der Waals surface area contributed by atoms with Gasteiger partial charge in [-0.15, -0.1) is 0 Å². The molecule has 0 bridgehead atoms. The Bertz CT molecular complexity index is 1050. The molecule has 1 aliphatic rings. The third-order valence-electron chi connectivity index (χ3n) is 4.02. The number of halogens is 1. The van der Waals surface area contributed by atoms with Crippen molar-refractivity contribution in [2.45, 2.75) is 15.0 Å². The van der Waals surface area contributed by atoms with Gasteiger partial charge >= 0.3 is 0 Å². The normalized spacial score (nSPS) is 16.2. The predicted molar refractivity (Wildman–Crippen MR) is 87.3 cm³/mol. The van der Waals surface area contributed by atoms with Gasteiger partial charge in [0.1, 0.15) is 11.9 Å². The maximum Gasteiger partial charge on any atom is 0.244 e. The molecule has 1 saturated heterocycles. The summed E-state index contributed by atoms with van der Waals surface area (Å²) in [6, 6.07) is 12.0. The third kappa shape index (κ3) is 3.04. The Labute approximate surface area is 145 Å². The van der Waals surface area contributed by atoms with Crippen molar-refractivity contribution < 1.29 is 21.2 Å². The molecule has 0 aliphatic carbocycles. The summed E-state index contributed by atoms with van der Waals surface area (Å²) in [5, 5.41) is 8.15. The van der Waals surface area contributed by atoms with Crippen LogP contribution in [0.2, 0.25) is 0 Å². The fourth-order valence-corrected chi connectivity index (χ4v) is 6.05. The molecule has 3 rings (SSSR count). The van der Waals surface area contributed by atoms with Crippen LogP contribution >= 0.6 is 0 Å². The highest BCUT2D eigenvalue weighted by Crippen LogP contribution is 2.29. The van der Waals surface area contributed by atoms with Crippen LogP contribution in [0.1, 0.15) is 5.56 Å². The van der Waals surface area contributed by atoms with Gasteiger partial charge in [0.15, 0.2) is 9.84 Å². The summed E-state index contributed by atoms with van der Waals surface area (Å²) in [5.74, 6) is -0.551. The average Bonchev–Trinajstić information content (AvgIpc) is 2.53. The molecular formula is C16H13FN2O4S2. The zero-order valence-electron chi connectivity index (χ0n) is 12.8. The average molecular weight is 380 g/mol. The summed E-state index contributed by atoms with van der Waals surface area (Å²) in [6.45, 7) is -0.413. The fraction of sp³-hybridized carbons (Fsp3) is 0.188. The summed E-state index contributed by atoms with van der Waals surface area (Å²) in [4.78, 5) is -0.191. The summed E-state index contributed by atoms with van der Waals surface area (Å²) < 4.78 is 64.0. The van der Waals surface area contributed by atoms with Gasteiger partial charge in [-0.3, -0.25) is 0 Å². The molecule has 1 fully saturated rings. The predicted octanol–water partition coefficient (Wildman–Crippen LogP) is 1.54. The second-order valence-electron chi connectivity index (χ2n) is 5.55. The monoisotopic (exact) mass is 380 g/mol. The van der Waals surface area contributed by atoms with Crippen molar-refractivity contribution in [3.8, 4) is 6.07 Å². The highest BCUT2D eigenvalue weighted by Gasteiger charge is 2.44. The van der Waals surface area contributed by atoms with Crippen LogP contribution in [0.25, 0.3) is 0 Å². The quantitative estimate of drug-likeness (QED) is 0.750.